The zero-order chi connectivity index (χ0) is 16.2. The van der Waals surface area contributed by atoms with Crippen molar-refractivity contribution in [1.82, 2.24) is 0 Å². The van der Waals surface area contributed by atoms with Crippen LogP contribution in [0.4, 0.5) is 0 Å². The third-order valence-electron chi connectivity index (χ3n) is 5.56. The molecule has 9 heteroatoms. The van der Waals surface area contributed by atoms with E-state index in [1.807, 2.05) is 0 Å². The molecule has 0 radical (unpaired) electrons. The topological polar surface area (TPSA) is 43.4 Å². The van der Waals surface area contributed by atoms with Crippen LogP contribution in [0.2, 0.25) is 0 Å². The Morgan fingerprint density at radius 2 is 1.18 bits per heavy atom. The van der Waals surface area contributed by atoms with Crippen LogP contribution in [0.1, 0.15) is 12.8 Å². The van der Waals surface area contributed by atoms with Gasteiger partial charge in [-0.3, -0.25) is 9.59 Å². The Morgan fingerprint density at radius 3 is 1.55 bits per heavy atom. The lowest BCUT2D eigenvalue weighted by atomic mass is 9.65. The standard InChI is InChI=1S/C13H8Cl6O3/c14-7-8(15)12(17)6-2-4-3(9(20)22-10(4)21)1-5(6)11(7,16)13(12,18)19/h3-6H,1-2H2/t3-,4+,5-,6-,11-,12-/m1/s1. The number of carbonyl (C=O) groups is 2. The van der Waals surface area contributed by atoms with Crippen LogP contribution >= 0.6 is 69.6 Å². The van der Waals surface area contributed by atoms with Gasteiger partial charge in [-0.15, -0.1) is 23.2 Å². The summed E-state index contributed by atoms with van der Waals surface area (Å²) in [6.45, 7) is 0. The van der Waals surface area contributed by atoms with Gasteiger partial charge >= 0.3 is 11.9 Å². The van der Waals surface area contributed by atoms with E-state index in [0.717, 1.165) is 0 Å². The first-order valence-corrected chi connectivity index (χ1v) is 8.92. The Bertz CT molecular complexity index is 608. The van der Waals surface area contributed by atoms with Gasteiger partial charge in [-0.1, -0.05) is 46.4 Å². The highest BCUT2D eigenvalue weighted by atomic mass is 35.5. The summed E-state index contributed by atoms with van der Waals surface area (Å²) in [6, 6.07) is 0. The maximum Gasteiger partial charge on any atom is 0.317 e. The fraction of sp³-hybridized carbons (Fsp3) is 0.692. The molecule has 6 atom stereocenters. The second kappa shape index (κ2) is 4.42. The SMILES string of the molecule is O=C1OC(=O)[C@@H]2C[C@@H]3[C@@H](C[C@H]12)[C@@]1(Cl)C(Cl)=C(Cl)[C@@]3(Cl)C1(Cl)Cl. The number of esters is 2. The van der Waals surface area contributed by atoms with E-state index in [1.54, 1.807) is 0 Å². The lowest BCUT2D eigenvalue weighted by molar-refractivity contribution is -0.153. The van der Waals surface area contributed by atoms with Gasteiger partial charge in [0.2, 0.25) is 0 Å². The number of halogens is 6. The summed E-state index contributed by atoms with van der Waals surface area (Å²) in [5, 5.41) is 0.237. The summed E-state index contributed by atoms with van der Waals surface area (Å²) < 4.78 is 3.10. The highest BCUT2D eigenvalue weighted by molar-refractivity contribution is 6.65. The molecule has 3 fully saturated rings. The van der Waals surface area contributed by atoms with Crippen molar-refractivity contribution in [3.05, 3.63) is 10.1 Å². The van der Waals surface area contributed by atoms with Crippen molar-refractivity contribution in [3.8, 4) is 0 Å². The Morgan fingerprint density at radius 1 is 0.818 bits per heavy atom. The quantitative estimate of drug-likeness (QED) is 0.333. The highest BCUT2D eigenvalue weighted by Gasteiger charge is 2.83. The van der Waals surface area contributed by atoms with Crippen LogP contribution in [-0.2, 0) is 14.3 Å². The van der Waals surface area contributed by atoms with E-state index in [0.29, 0.717) is 12.8 Å². The number of rotatable bonds is 0. The van der Waals surface area contributed by atoms with E-state index in [-0.39, 0.29) is 21.9 Å². The molecule has 1 aliphatic heterocycles. The highest BCUT2D eigenvalue weighted by Crippen LogP contribution is 2.79. The van der Waals surface area contributed by atoms with Crippen LogP contribution in [0, 0.1) is 23.7 Å². The van der Waals surface area contributed by atoms with Crippen molar-refractivity contribution >= 4 is 81.5 Å². The minimum Gasteiger partial charge on any atom is -0.393 e. The summed E-state index contributed by atoms with van der Waals surface area (Å²) in [6.07, 6.45) is 0.582. The van der Waals surface area contributed by atoms with Crippen molar-refractivity contribution in [3.63, 3.8) is 0 Å². The van der Waals surface area contributed by atoms with Crippen molar-refractivity contribution in [2.75, 3.05) is 0 Å². The van der Waals surface area contributed by atoms with Gasteiger partial charge in [-0.05, 0) is 24.7 Å². The molecule has 4 rings (SSSR count). The van der Waals surface area contributed by atoms with E-state index >= 15 is 0 Å². The normalized spacial score (nSPS) is 51.9. The third-order valence-corrected chi connectivity index (χ3v) is 9.91. The van der Waals surface area contributed by atoms with Gasteiger partial charge in [-0.2, -0.15) is 0 Å². The van der Waals surface area contributed by atoms with Crippen LogP contribution in [0.25, 0.3) is 0 Å². The average molecular weight is 425 g/mol. The molecule has 4 aliphatic rings. The smallest absolute Gasteiger partial charge is 0.317 e. The summed E-state index contributed by atoms with van der Waals surface area (Å²) in [7, 11) is 0. The van der Waals surface area contributed by atoms with E-state index in [9.17, 15) is 9.59 Å². The molecule has 22 heavy (non-hydrogen) atoms. The molecule has 1 saturated heterocycles. The molecule has 3 nitrogen and oxygen atoms in total. The van der Waals surface area contributed by atoms with Crippen LogP contribution in [0.5, 0.6) is 0 Å². The van der Waals surface area contributed by atoms with Gasteiger partial charge in [0, 0.05) is 0 Å². The molecule has 120 valence electrons. The predicted molar refractivity (Wildman–Crippen MR) is 84.6 cm³/mol. The van der Waals surface area contributed by atoms with Gasteiger partial charge in [0.05, 0.1) is 21.9 Å². The molecule has 0 aromatic heterocycles. The molecule has 0 spiro atoms. The molecule has 0 unspecified atom stereocenters. The molecule has 3 aliphatic carbocycles. The summed E-state index contributed by atoms with van der Waals surface area (Å²) in [5.41, 5.74) is 0. The van der Waals surface area contributed by atoms with Gasteiger partial charge in [0.15, 0.2) is 4.33 Å². The minimum atomic E-state index is -1.63. The lowest BCUT2D eigenvalue weighted by Crippen LogP contribution is -2.44. The average Bonchev–Trinajstić information content (AvgIpc) is 2.85. The van der Waals surface area contributed by atoms with Crippen LogP contribution in [0.15, 0.2) is 10.1 Å². The van der Waals surface area contributed by atoms with E-state index in [2.05, 4.69) is 0 Å². The second-order valence-corrected chi connectivity index (χ2v) is 9.54. The fourth-order valence-electron chi connectivity index (χ4n) is 4.51. The summed E-state index contributed by atoms with van der Waals surface area (Å²) in [4.78, 5) is 20.9. The van der Waals surface area contributed by atoms with Gasteiger partial charge < -0.3 is 4.74 Å². The molecule has 1 heterocycles. The molecule has 0 amide bonds. The Labute approximate surface area is 156 Å². The zero-order valence-corrected chi connectivity index (χ0v) is 15.3. The maximum absolute atomic E-state index is 11.8. The Balaban J connectivity index is 1.87. The maximum atomic E-state index is 11.8. The van der Waals surface area contributed by atoms with Crippen molar-refractivity contribution in [1.29, 1.82) is 0 Å². The molecule has 0 N–H and O–H groups in total. The van der Waals surface area contributed by atoms with Crippen molar-refractivity contribution in [2.24, 2.45) is 23.7 Å². The van der Waals surface area contributed by atoms with Crippen LogP contribution < -0.4 is 0 Å². The Kier molecular flexibility index (Phi) is 3.23. The number of ether oxygens (including phenoxy) is 1. The molecule has 2 bridgehead atoms. The van der Waals surface area contributed by atoms with Gasteiger partial charge in [0.25, 0.3) is 0 Å². The number of fused-ring (bicyclic) bond motifs is 6. The third kappa shape index (κ3) is 1.43. The number of hydrogen-bond donors (Lipinski definition) is 0. The fourth-order valence-corrected chi connectivity index (χ4v) is 7.61. The zero-order valence-electron chi connectivity index (χ0n) is 10.7. The molecule has 0 aromatic rings. The number of hydrogen-bond acceptors (Lipinski definition) is 3. The van der Waals surface area contributed by atoms with Crippen LogP contribution in [0.3, 0.4) is 0 Å². The Hall–Kier alpha value is 0.620. The van der Waals surface area contributed by atoms with E-state index in [1.165, 1.54) is 0 Å². The minimum absolute atomic E-state index is 0.119. The van der Waals surface area contributed by atoms with Gasteiger partial charge in [0.1, 0.15) is 9.75 Å². The second-order valence-electron chi connectivity index (χ2n) is 6.26. The largest absolute Gasteiger partial charge is 0.393 e. The molecular formula is C13H8Cl6O3. The number of alkyl halides is 4. The summed E-state index contributed by atoms with van der Waals surface area (Å²) >= 11 is 39.0. The number of carbonyl (C=O) groups excluding carboxylic acids is 2. The molecular weight excluding hydrogens is 417 g/mol. The first-order valence-electron chi connectivity index (χ1n) is 6.65. The number of allylic oxidation sites excluding steroid dienone is 2. The van der Waals surface area contributed by atoms with Gasteiger partial charge in [-0.25, -0.2) is 0 Å². The molecule has 0 aromatic carbocycles. The lowest BCUT2D eigenvalue weighted by Gasteiger charge is -2.42. The monoisotopic (exact) mass is 422 g/mol. The van der Waals surface area contributed by atoms with Crippen molar-refractivity contribution in [2.45, 2.75) is 26.9 Å². The summed E-state index contributed by atoms with van der Waals surface area (Å²) in [5.74, 6) is -2.93. The van der Waals surface area contributed by atoms with E-state index in [4.69, 9.17) is 74.3 Å². The van der Waals surface area contributed by atoms with E-state index < -0.39 is 37.9 Å². The van der Waals surface area contributed by atoms with Crippen LogP contribution in [-0.4, -0.2) is 26.0 Å². The first-order chi connectivity index (χ1) is 10.1. The first kappa shape index (κ1) is 16.1. The number of cyclic esters (lactones) is 2. The van der Waals surface area contributed by atoms with Crippen molar-refractivity contribution < 1.29 is 14.3 Å². The predicted octanol–water partition coefficient (Wildman–Crippen LogP) is 4.17. The molecule has 2 saturated carbocycles.